The quantitative estimate of drug-likeness (QED) is 0.141. The summed E-state index contributed by atoms with van der Waals surface area (Å²) in [5.41, 5.74) is 5.35. The topological polar surface area (TPSA) is 52.5 Å². The summed E-state index contributed by atoms with van der Waals surface area (Å²) in [6.07, 6.45) is 0. The molecular weight excluding hydrogens is 599 g/mol. The molecule has 1 aromatic heterocycles. The first-order valence-corrected chi connectivity index (χ1v) is 18.0. The second kappa shape index (κ2) is 12.0. The minimum Gasteiger partial charge on any atom is -0.309 e. The largest absolute Gasteiger partial charge is 0.309 e. The number of para-hydroxylation sites is 2. The van der Waals surface area contributed by atoms with E-state index in [-0.39, 0.29) is 0 Å². The van der Waals surface area contributed by atoms with Gasteiger partial charge in [-0.25, -0.2) is 0 Å². The van der Waals surface area contributed by atoms with Crippen molar-refractivity contribution in [2.75, 3.05) is 0 Å². The Balaban J connectivity index is 1.48. The average molecular weight is 628 g/mol. The van der Waals surface area contributed by atoms with Gasteiger partial charge in [0.25, 0.3) is 0 Å². The van der Waals surface area contributed by atoms with Crippen LogP contribution in [0.1, 0.15) is 11.1 Å². The number of hydrogen-bond donors (Lipinski definition) is 0. The van der Waals surface area contributed by atoms with E-state index in [4.69, 9.17) is 0 Å². The van der Waals surface area contributed by atoms with Crippen LogP contribution in [0.4, 0.5) is 0 Å². The van der Waals surface area contributed by atoms with Crippen LogP contribution < -0.4 is 20.7 Å². The predicted molar refractivity (Wildman–Crippen MR) is 199 cm³/mol. The standard InChI is InChI=1S/C44H29N3Si/c45-30-33-27-28-43(47-41-25-12-10-23-38(41)39-24-11-13-26-42(39)47)44(40(33)31-46)32-15-14-22-37(29-32)48(34-16-4-1-5-17-34,35-18-6-2-7-19-35)36-20-8-3-9-21-36/h1-29H. The fourth-order valence-corrected chi connectivity index (χ4v) is 12.2. The second-order valence-electron chi connectivity index (χ2n) is 11.9. The number of aromatic nitrogens is 1. The highest BCUT2D eigenvalue weighted by Crippen LogP contribution is 2.38. The Kier molecular flexibility index (Phi) is 7.27. The molecule has 0 spiro atoms. The van der Waals surface area contributed by atoms with Crippen molar-refractivity contribution in [1.29, 1.82) is 10.5 Å². The fourth-order valence-electron chi connectivity index (χ4n) is 7.43. The molecule has 0 fully saturated rings. The molecule has 1 heterocycles. The van der Waals surface area contributed by atoms with E-state index in [9.17, 15) is 10.5 Å². The Morgan fingerprint density at radius 3 is 1.42 bits per heavy atom. The molecule has 7 aromatic carbocycles. The molecule has 0 unspecified atom stereocenters. The summed E-state index contributed by atoms with van der Waals surface area (Å²) in [7, 11) is -2.84. The number of rotatable bonds is 6. The molecule has 224 valence electrons. The molecule has 0 saturated heterocycles. The van der Waals surface area contributed by atoms with Gasteiger partial charge in [0.2, 0.25) is 0 Å². The van der Waals surface area contributed by atoms with Crippen LogP contribution >= 0.6 is 0 Å². The first-order valence-electron chi connectivity index (χ1n) is 16.0. The molecule has 8 aromatic rings. The highest BCUT2D eigenvalue weighted by atomic mass is 28.3. The molecule has 0 aliphatic carbocycles. The van der Waals surface area contributed by atoms with Gasteiger partial charge in [-0.1, -0.05) is 152 Å². The number of nitrogens with zero attached hydrogens (tertiary/aromatic N) is 3. The molecule has 0 saturated carbocycles. The minimum absolute atomic E-state index is 0.361. The molecule has 48 heavy (non-hydrogen) atoms. The summed E-state index contributed by atoms with van der Waals surface area (Å²) >= 11 is 0. The number of benzene rings is 7. The van der Waals surface area contributed by atoms with Crippen LogP contribution in [0.15, 0.2) is 176 Å². The molecule has 0 bridgehead atoms. The lowest BCUT2D eigenvalue weighted by molar-refractivity contribution is 1.18. The van der Waals surface area contributed by atoms with Crippen molar-refractivity contribution in [3.05, 3.63) is 187 Å². The maximum absolute atomic E-state index is 10.7. The molecular formula is C44H29N3Si. The van der Waals surface area contributed by atoms with Crippen LogP contribution in [-0.4, -0.2) is 12.6 Å². The third-order valence-electron chi connectivity index (χ3n) is 9.44. The lowest BCUT2D eigenvalue weighted by Crippen LogP contribution is -2.74. The normalized spacial score (nSPS) is 11.3. The number of hydrogen-bond acceptors (Lipinski definition) is 2. The minimum atomic E-state index is -2.84. The first-order chi connectivity index (χ1) is 23.8. The van der Waals surface area contributed by atoms with E-state index >= 15 is 0 Å². The van der Waals surface area contributed by atoms with Crippen molar-refractivity contribution in [3.8, 4) is 29.0 Å². The highest BCUT2D eigenvalue weighted by molar-refractivity contribution is 7.19. The predicted octanol–water partition coefficient (Wildman–Crippen LogP) is 7.57. The summed E-state index contributed by atoms with van der Waals surface area (Å²) in [5, 5.41) is 28.2. The van der Waals surface area contributed by atoms with E-state index in [1.54, 1.807) is 6.07 Å². The van der Waals surface area contributed by atoms with Crippen LogP contribution in [0.5, 0.6) is 0 Å². The van der Waals surface area contributed by atoms with Crippen molar-refractivity contribution in [2.24, 2.45) is 0 Å². The van der Waals surface area contributed by atoms with E-state index in [0.717, 1.165) is 38.6 Å². The van der Waals surface area contributed by atoms with Gasteiger partial charge in [0.1, 0.15) is 12.1 Å². The molecule has 4 heteroatoms. The second-order valence-corrected chi connectivity index (χ2v) is 15.7. The zero-order chi connectivity index (χ0) is 32.5. The summed E-state index contributed by atoms with van der Waals surface area (Å²) < 4.78 is 2.24. The molecule has 0 radical (unpaired) electrons. The van der Waals surface area contributed by atoms with Crippen molar-refractivity contribution >= 4 is 50.6 Å². The van der Waals surface area contributed by atoms with Gasteiger partial charge in [0.05, 0.1) is 27.8 Å². The zero-order valence-electron chi connectivity index (χ0n) is 26.1. The van der Waals surface area contributed by atoms with Gasteiger partial charge in [-0.3, -0.25) is 0 Å². The van der Waals surface area contributed by atoms with Gasteiger partial charge in [-0.05, 0) is 50.6 Å². The van der Waals surface area contributed by atoms with Crippen LogP contribution in [0, 0.1) is 22.7 Å². The number of nitriles is 2. The maximum atomic E-state index is 10.7. The van der Waals surface area contributed by atoms with E-state index in [2.05, 4.69) is 168 Å². The third kappa shape index (κ3) is 4.48. The molecule has 0 N–H and O–H groups in total. The lowest BCUT2D eigenvalue weighted by atomic mass is 9.94. The van der Waals surface area contributed by atoms with Gasteiger partial charge in [0, 0.05) is 16.3 Å². The van der Waals surface area contributed by atoms with Crippen molar-refractivity contribution in [2.45, 2.75) is 0 Å². The van der Waals surface area contributed by atoms with E-state index < -0.39 is 8.07 Å². The van der Waals surface area contributed by atoms with Gasteiger partial charge in [-0.2, -0.15) is 10.5 Å². The van der Waals surface area contributed by atoms with E-state index in [0.29, 0.717) is 11.1 Å². The number of fused-ring (bicyclic) bond motifs is 3. The van der Waals surface area contributed by atoms with Crippen LogP contribution in [0.3, 0.4) is 0 Å². The van der Waals surface area contributed by atoms with Crippen molar-refractivity contribution < 1.29 is 0 Å². The van der Waals surface area contributed by atoms with Crippen molar-refractivity contribution in [3.63, 3.8) is 0 Å². The SMILES string of the molecule is N#Cc1ccc(-n2c3ccccc3c3ccccc32)c(-c2cccc([Si](c3ccccc3)(c3ccccc3)c3ccccc3)c2)c1C#N. The smallest absolute Gasteiger partial charge is 0.179 e. The van der Waals surface area contributed by atoms with Crippen LogP contribution in [0.2, 0.25) is 0 Å². The van der Waals surface area contributed by atoms with Gasteiger partial charge in [-0.15, -0.1) is 0 Å². The zero-order valence-corrected chi connectivity index (χ0v) is 27.1. The average Bonchev–Trinajstić information content (AvgIpc) is 3.50. The Morgan fingerprint density at radius 1 is 0.438 bits per heavy atom. The first kappa shape index (κ1) is 29.0. The Hall–Kier alpha value is -6.46. The molecule has 0 aliphatic rings. The Morgan fingerprint density at radius 2 is 0.917 bits per heavy atom. The van der Waals surface area contributed by atoms with Crippen molar-refractivity contribution in [1.82, 2.24) is 4.57 Å². The lowest BCUT2D eigenvalue weighted by Gasteiger charge is -2.34. The molecule has 0 aliphatic heterocycles. The molecule has 3 nitrogen and oxygen atoms in total. The third-order valence-corrected chi connectivity index (χ3v) is 14.2. The maximum Gasteiger partial charge on any atom is 0.179 e. The van der Waals surface area contributed by atoms with Gasteiger partial charge >= 0.3 is 0 Å². The molecule has 0 amide bonds. The molecule has 8 rings (SSSR count). The summed E-state index contributed by atoms with van der Waals surface area (Å²) in [5.74, 6) is 0. The Bertz CT molecular complexity index is 2370. The van der Waals surface area contributed by atoms with E-state index in [1.807, 2.05) is 18.2 Å². The molecule has 0 atom stereocenters. The van der Waals surface area contributed by atoms with Crippen LogP contribution in [0.25, 0.3) is 38.6 Å². The highest BCUT2D eigenvalue weighted by Gasteiger charge is 2.41. The van der Waals surface area contributed by atoms with E-state index in [1.165, 1.54) is 20.7 Å². The van der Waals surface area contributed by atoms with Gasteiger partial charge in [0.15, 0.2) is 8.07 Å². The van der Waals surface area contributed by atoms with Gasteiger partial charge < -0.3 is 4.57 Å². The fraction of sp³-hybridized carbons (Fsp3) is 0. The summed E-state index contributed by atoms with van der Waals surface area (Å²) in [4.78, 5) is 0. The Labute approximate surface area is 280 Å². The summed E-state index contributed by atoms with van der Waals surface area (Å²) in [6, 6.07) is 66.4. The monoisotopic (exact) mass is 627 g/mol. The summed E-state index contributed by atoms with van der Waals surface area (Å²) in [6.45, 7) is 0. The van der Waals surface area contributed by atoms with Crippen LogP contribution in [-0.2, 0) is 0 Å².